The van der Waals surface area contributed by atoms with Gasteiger partial charge in [0.2, 0.25) is 11.8 Å². The second kappa shape index (κ2) is 14.0. The van der Waals surface area contributed by atoms with Crippen LogP contribution in [0.1, 0.15) is 38.3 Å². The van der Waals surface area contributed by atoms with Gasteiger partial charge >= 0.3 is 0 Å². The van der Waals surface area contributed by atoms with Gasteiger partial charge in [0, 0.05) is 18.7 Å². The summed E-state index contributed by atoms with van der Waals surface area (Å²) in [6, 6.07) is 19.4. The van der Waals surface area contributed by atoms with Crippen molar-refractivity contribution in [3.05, 3.63) is 83.9 Å². The number of hydrogen-bond acceptors (Lipinski definition) is 6. The van der Waals surface area contributed by atoms with E-state index in [-0.39, 0.29) is 29.1 Å². The van der Waals surface area contributed by atoms with E-state index in [9.17, 15) is 18.0 Å². The van der Waals surface area contributed by atoms with Gasteiger partial charge < -0.3 is 19.7 Å². The molecule has 0 radical (unpaired) electrons. The molecule has 2 unspecified atom stereocenters. The lowest BCUT2D eigenvalue weighted by Crippen LogP contribution is -2.52. The highest BCUT2D eigenvalue weighted by Gasteiger charge is 2.33. The molecule has 3 aromatic carbocycles. The number of amides is 2. The number of aryl methyl sites for hydroxylation is 1. The molecular weight excluding hydrogens is 542 g/mol. The largest absolute Gasteiger partial charge is 0.493 e. The summed E-state index contributed by atoms with van der Waals surface area (Å²) in [7, 11) is -1.27. The smallest absolute Gasteiger partial charge is 0.264 e. The average molecular weight is 582 g/mol. The van der Waals surface area contributed by atoms with E-state index in [1.54, 1.807) is 31.2 Å². The van der Waals surface area contributed by atoms with Crippen molar-refractivity contribution >= 4 is 27.5 Å². The zero-order valence-electron chi connectivity index (χ0n) is 24.5. The van der Waals surface area contributed by atoms with Crippen molar-refractivity contribution < 1.29 is 27.5 Å². The zero-order valence-corrected chi connectivity index (χ0v) is 25.3. The van der Waals surface area contributed by atoms with Gasteiger partial charge in [-0.3, -0.25) is 13.9 Å². The zero-order chi connectivity index (χ0) is 30.2. The average Bonchev–Trinajstić information content (AvgIpc) is 2.98. The molecule has 0 saturated carbocycles. The Morgan fingerprint density at radius 2 is 1.54 bits per heavy atom. The third-order valence-electron chi connectivity index (χ3n) is 6.91. The van der Waals surface area contributed by atoms with Crippen molar-refractivity contribution in [1.82, 2.24) is 10.2 Å². The first kappa shape index (κ1) is 31.5. The Kier molecular flexibility index (Phi) is 10.8. The van der Waals surface area contributed by atoms with Gasteiger partial charge in [-0.1, -0.05) is 55.0 Å². The number of sulfonamides is 1. The SMILES string of the molecule is CCC(C)NC(=O)C(C)N(Cc1ccccc1)C(=O)CN(c1ccc(OC)c(OC)c1)S(=O)(=O)c1ccc(C)cc1. The first-order chi connectivity index (χ1) is 19.5. The van der Waals surface area contributed by atoms with Crippen molar-refractivity contribution in [2.24, 2.45) is 0 Å². The van der Waals surface area contributed by atoms with Gasteiger partial charge in [-0.2, -0.15) is 0 Å². The minimum absolute atomic E-state index is 0.0304. The lowest BCUT2D eigenvalue weighted by molar-refractivity contribution is -0.139. The maximum absolute atomic E-state index is 14.0. The van der Waals surface area contributed by atoms with Crippen LogP contribution in [0.5, 0.6) is 11.5 Å². The number of benzene rings is 3. The summed E-state index contributed by atoms with van der Waals surface area (Å²) in [6.07, 6.45) is 0.729. The summed E-state index contributed by atoms with van der Waals surface area (Å²) in [4.78, 5) is 28.6. The number of nitrogens with zero attached hydrogens (tertiary/aromatic N) is 2. The predicted molar refractivity (Wildman–Crippen MR) is 160 cm³/mol. The van der Waals surface area contributed by atoms with E-state index in [4.69, 9.17) is 9.47 Å². The Balaban J connectivity index is 2.07. The Hall–Kier alpha value is -4.05. The molecule has 0 bridgehead atoms. The first-order valence-electron chi connectivity index (χ1n) is 13.5. The fourth-order valence-corrected chi connectivity index (χ4v) is 5.58. The number of nitrogens with one attached hydrogen (secondary N) is 1. The molecule has 0 aliphatic rings. The number of rotatable bonds is 13. The van der Waals surface area contributed by atoms with E-state index >= 15 is 0 Å². The summed E-state index contributed by atoms with van der Waals surface area (Å²) >= 11 is 0. The van der Waals surface area contributed by atoms with Crippen LogP contribution in [0.2, 0.25) is 0 Å². The quantitative estimate of drug-likeness (QED) is 0.318. The Morgan fingerprint density at radius 1 is 0.902 bits per heavy atom. The monoisotopic (exact) mass is 581 g/mol. The summed E-state index contributed by atoms with van der Waals surface area (Å²) in [5.41, 5.74) is 1.92. The lowest BCUT2D eigenvalue weighted by atomic mass is 10.1. The lowest BCUT2D eigenvalue weighted by Gasteiger charge is -2.32. The molecule has 3 aromatic rings. The van der Waals surface area contributed by atoms with Gasteiger partial charge in [0.15, 0.2) is 11.5 Å². The molecule has 0 fully saturated rings. The van der Waals surface area contributed by atoms with E-state index < -0.39 is 28.5 Å². The minimum Gasteiger partial charge on any atom is -0.493 e. The van der Waals surface area contributed by atoms with Crippen LogP contribution in [0, 0.1) is 6.92 Å². The molecule has 0 spiro atoms. The summed E-state index contributed by atoms with van der Waals surface area (Å²) in [5, 5.41) is 2.93. The molecule has 0 aliphatic heterocycles. The molecule has 41 heavy (non-hydrogen) atoms. The van der Waals surface area contributed by atoms with Gasteiger partial charge in [0.1, 0.15) is 12.6 Å². The molecule has 0 aromatic heterocycles. The second-order valence-corrected chi connectivity index (χ2v) is 11.7. The van der Waals surface area contributed by atoms with E-state index in [1.165, 1.54) is 37.3 Å². The topological polar surface area (TPSA) is 105 Å². The molecule has 2 amide bonds. The standard InChI is InChI=1S/C31H39N3O6S/c1-7-23(3)32-31(36)24(4)33(20-25-11-9-8-10-12-25)30(35)21-34(26-15-18-28(39-5)29(19-26)40-6)41(37,38)27-16-13-22(2)14-17-27/h8-19,23-24H,7,20-21H2,1-6H3,(H,32,36). The van der Waals surface area contributed by atoms with Crippen LogP contribution in [0.4, 0.5) is 5.69 Å². The predicted octanol–water partition coefficient (Wildman–Crippen LogP) is 4.54. The van der Waals surface area contributed by atoms with Crippen LogP contribution in [0.3, 0.4) is 0 Å². The Bertz CT molecular complexity index is 1430. The molecule has 220 valence electrons. The van der Waals surface area contributed by atoms with Gasteiger partial charge in [0.25, 0.3) is 10.0 Å². The second-order valence-electron chi connectivity index (χ2n) is 9.87. The molecule has 0 heterocycles. The normalized spacial score (nSPS) is 12.6. The number of methoxy groups -OCH3 is 2. The van der Waals surface area contributed by atoms with Crippen molar-refractivity contribution in [2.75, 3.05) is 25.1 Å². The van der Waals surface area contributed by atoms with Crippen LogP contribution in [0.25, 0.3) is 0 Å². The van der Waals surface area contributed by atoms with Gasteiger partial charge in [-0.25, -0.2) is 8.42 Å². The minimum atomic E-state index is -4.20. The van der Waals surface area contributed by atoms with E-state index in [2.05, 4.69) is 5.32 Å². The summed E-state index contributed by atoms with van der Waals surface area (Å²) in [5.74, 6) is -0.130. The highest BCUT2D eigenvalue weighted by molar-refractivity contribution is 7.92. The van der Waals surface area contributed by atoms with Crippen molar-refractivity contribution in [3.63, 3.8) is 0 Å². The third-order valence-corrected chi connectivity index (χ3v) is 8.70. The van der Waals surface area contributed by atoms with Gasteiger partial charge in [-0.15, -0.1) is 0 Å². The van der Waals surface area contributed by atoms with Crippen LogP contribution < -0.4 is 19.1 Å². The van der Waals surface area contributed by atoms with E-state index in [0.29, 0.717) is 11.5 Å². The van der Waals surface area contributed by atoms with E-state index in [0.717, 1.165) is 21.9 Å². The summed E-state index contributed by atoms with van der Waals surface area (Å²) < 4.78 is 39.8. The fourth-order valence-electron chi connectivity index (χ4n) is 4.17. The number of hydrogen-bond donors (Lipinski definition) is 1. The molecule has 0 aliphatic carbocycles. The maximum Gasteiger partial charge on any atom is 0.264 e. The molecule has 9 nitrogen and oxygen atoms in total. The Labute approximate surface area is 243 Å². The van der Waals surface area contributed by atoms with Crippen molar-refractivity contribution in [2.45, 2.75) is 57.6 Å². The molecule has 3 rings (SSSR count). The number of ether oxygens (including phenoxy) is 2. The summed E-state index contributed by atoms with van der Waals surface area (Å²) in [6.45, 7) is 6.94. The van der Waals surface area contributed by atoms with Gasteiger partial charge in [-0.05, 0) is 57.0 Å². The highest BCUT2D eigenvalue weighted by Crippen LogP contribution is 2.34. The number of anilines is 1. The molecular formula is C31H39N3O6S. The fraction of sp³-hybridized carbons (Fsp3) is 0.355. The van der Waals surface area contributed by atoms with Crippen molar-refractivity contribution in [3.8, 4) is 11.5 Å². The Morgan fingerprint density at radius 3 is 2.12 bits per heavy atom. The molecule has 0 saturated heterocycles. The van der Waals surface area contributed by atoms with Crippen LogP contribution in [-0.4, -0.2) is 58.0 Å². The third kappa shape index (κ3) is 7.79. The molecule has 10 heteroatoms. The van der Waals surface area contributed by atoms with Crippen LogP contribution >= 0.6 is 0 Å². The van der Waals surface area contributed by atoms with Crippen LogP contribution in [-0.2, 0) is 26.2 Å². The van der Waals surface area contributed by atoms with Crippen LogP contribution in [0.15, 0.2) is 77.7 Å². The maximum atomic E-state index is 14.0. The molecule has 2 atom stereocenters. The van der Waals surface area contributed by atoms with Gasteiger partial charge in [0.05, 0.1) is 24.8 Å². The number of carbonyl (C=O) groups excluding carboxylic acids is 2. The van der Waals surface area contributed by atoms with Crippen molar-refractivity contribution in [1.29, 1.82) is 0 Å². The number of carbonyl (C=O) groups is 2. The first-order valence-corrected chi connectivity index (χ1v) is 14.9. The molecule has 1 N–H and O–H groups in total. The van der Waals surface area contributed by atoms with E-state index in [1.807, 2.05) is 51.1 Å². The highest BCUT2D eigenvalue weighted by atomic mass is 32.2.